The minimum absolute atomic E-state index is 0.122. The number of aromatic nitrogens is 1. The number of hydrogen-bond donors (Lipinski definition) is 2. The average Bonchev–Trinajstić information content (AvgIpc) is 3.61. The van der Waals surface area contributed by atoms with Gasteiger partial charge < -0.3 is 20.3 Å². The summed E-state index contributed by atoms with van der Waals surface area (Å²) in [5, 5.41) is 7.70. The molecule has 10 heteroatoms. The first kappa shape index (κ1) is 25.3. The minimum atomic E-state index is -0.823. The van der Waals surface area contributed by atoms with Crippen molar-refractivity contribution in [1.29, 1.82) is 0 Å². The first-order valence-electron chi connectivity index (χ1n) is 12.2. The monoisotopic (exact) mass is 499 g/mol. The van der Waals surface area contributed by atoms with E-state index < -0.39 is 6.04 Å². The van der Waals surface area contributed by atoms with Gasteiger partial charge in [0, 0.05) is 50.2 Å². The van der Waals surface area contributed by atoms with Gasteiger partial charge in [0.05, 0.1) is 24.6 Å². The smallest absolute Gasteiger partial charge is 0.261 e. The molecule has 188 valence electrons. The Morgan fingerprint density at radius 1 is 1.17 bits per heavy atom. The van der Waals surface area contributed by atoms with E-state index >= 15 is 0 Å². The van der Waals surface area contributed by atoms with Gasteiger partial charge in [-0.2, -0.15) is 0 Å². The maximum atomic E-state index is 13.6. The van der Waals surface area contributed by atoms with E-state index in [-0.39, 0.29) is 30.3 Å². The second kappa shape index (κ2) is 12.8. The lowest BCUT2D eigenvalue weighted by Gasteiger charge is -2.35. The zero-order valence-electron chi connectivity index (χ0n) is 19.9. The molecule has 2 aromatic rings. The summed E-state index contributed by atoms with van der Waals surface area (Å²) in [6.45, 7) is 3.64. The van der Waals surface area contributed by atoms with Crippen molar-refractivity contribution < 1.29 is 19.1 Å². The van der Waals surface area contributed by atoms with Crippen LogP contribution in [0.3, 0.4) is 0 Å². The lowest BCUT2D eigenvalue weighted by Crippen LogP contribution is -2.51. The quantitative estimate of drug-likeness (QED) is 0.517. The maximum absolute atomic E-state index is 13.6. The predicted octanol–water partition coefficient (Wildman–Crippen LogP) is 1.83. The second-order valence-corrected chi connectivity index (χ2v) is 9.83. The van der Waals surface area contributed by atoms with E-state index in [1.807, 2.05) is 11.4 Å². The third-order valence-corrected chi connectivity index (χ3v) is 7.36. The molecule has 2 fully saturated rings. The molecule has 1 aliphatic heterocycles. The zero-order chi connectivity index (χ0) is 24.5. The summed E-state index contributed by atoms with van der Waals surface area (Å²) < 4.78 is 5.44. The number of carbonyl (C=O) groups is 3. The molecule has 0 spiro atoms. The lowest BCUT2D eigenvalue weighted by atomic mass is 10.0. The largest absolute Gasteiger partial charge is 0.379 e. The van der Waals surface area contributed by atoms with E-state index in [1.54, 1.807) is 35.5 Å². The van der Waals surface area contributed by atoms with Gasteiger partial charge in [-0.25, -0.2) is 0 Å². The Kier molecular flexibility index (Phi) is 9.21. The molecule has 0 radical (unpaired) electrons. The van der Waals surface area contributed by atoms with E-state index in [9.17, 15) is 14.4 Å². The normalized spacial score (nSPS) is 17.6. The van der Waals surface area contributed by atoms with Gasteiger partial charge in [0.15, 0.2) is 0 Å². The number of rotatable bonds is 10. The summed E-state index contributed by atoms with van der Waals surface area (Å²) in [6.07, 6.45) is 7.37. The van der Waals surface area contributed by atoms with Crippen molar-refractivity contribution >= 4 is 29.1 Å². The van der Waals surface area contributed by atoms with E-state index in [1.165, 1.54) is 11.3 Å². The first-order valence-corrected chi connectivity index (χ1v) is 13.1. The number of thiophene rings is 1. The van der Waals surface area contributed by atoms with Crippen molar-refractivity contribution in [2.24, 2.45) is 0 Å². The Labute approximate surface area is 209 Å². The fraction of sp³-hybridized carbons (Fsp3) is 0.520. The van der Waals surface area contributed by atoms with E-state index in [0.717, 1.165) is 38.8 Å². The van der Waals surface area contributed by atoms with E-state index in [4.69, 9.17) is 4.74 Å². The molecule has 3 amide bonds. The van der Waals surface area contributed by atoms with Crippen LogP contribution in [0.2, 0.25) is 0 Å². The molecule has 1 saturated carbocycles. The third kappa shape index (κ3) is 7.09. The van der Waals surface area contributed by atoms with E-state index in [2.05, 4.69) is 20.5 Å². The molecule has 2 N–H and O–H groups in total. The van der Waals surface area contributed by atoms with Crippen LogP contribution in [-0.4, -0.2) is 84.5 Å². The molecule has 1 aliphatic carbocycles. The van der Waals surface area contributed by atoms with Crippen LogP contribution in [0.25, 0.3) is 0 Å². The standard InChI is InChI=1S/C25H33N5O4S/c31-22(18-27-24(32)21-8-4-16-35-21)30(11-10-29-12-14-34-15-13-29)23(19-5-3-9-26-17-19)25(33)28-20-6-1-2-7-20/h3-5,8-9,16-17,20,23H,1-2,6-7,10-15,18H2,(H,27,32)(H,28,33)/t23-/m0/s1. The number of amides is 3. The highest BCUT2D eigenvalue weighted by Crippen LogP contribution is 2.24. The molecule has 2 aliphatic rings. The molecular weight excluding hydrogens is 466 g/mol. The predicted molar refractivity (Wildman–Crippen MR) is 133 cm³/mol. The molecule has 0 bridgehead atoms. The molecule has 1 atom stereocenters. The highest BCUT2D eigenvalue weighted by molar-refractivity contribution is 7.12. The number of nitrogens with zero attached hydrogens (tertiary/aromatic N) is 3. The Morgan fingerprint density at radius 2 is 1.97 bits per heavy atom. The SMILES string of the molecule is O=C(NCC(=O)N(CCN1CCOCC1)[C@H](C(=O)NC1CCCC1)c1cccnc1)c1cccs1. The fourth-order valence-electron chi connectivity index (χ4n) is 4.58. The number of hydrogen-bond acceptors (Lipinski definition) is 7. The summed E-state index contributed by atoms with van der Waals surface area (Å²) in [5.74, 6) is -0.807. The van der Waals surface area contributed by atoms with Gasteiger partial charge in [-0.1, -0.05) is 25.0 Å². The van der Waals surface area contributed by atoms with Gasteiger partial charge >= 0.3 is 0 Å². The molecule has 3 heterocycles. The Morgan fingerprint density at radius 3 is 2.66 bits per heavy atom. The summed E-state index contributed by atoms with van der Waals surface area (Å²) in [6, 6.07) is 6.41. The molecule has 2 aromatic heterocycles. The van der Waals surface area contributed by atoms with Gasteiger partial charge in [0.1, 0.15) is 6.04 Å². The lowest BCUT2D eigenvalue weighted by molar-refractivity contribution is -0.140. The van der Waals surface area contributed by atoms with E-state index in [0.29, 0.717) is 36.7 Å². The van der Waals surface area contributed by atoms with Crippen molar-refractivity contribution in [2.75, 3.05) is 45.9 Å². The van der Waals surface area contributed by atoms with Crippen LogP contribution in [0, 0.1) is 0 Å². The average molecular weight is 500 g/mol. The molecule has 4 rings (SSSR count). The van der Waals surface area contributed by atoms with Gasteiger partial charge in [-0.3, -0.25) is 24.3 Å². The Balaban J connectivity index is 1.53. The molecule has 0 aromatic carbocycles. The van der Waals surface area contributed by atoms with Crippen molar-refractivity contribution in [3.8, 4) is 0 Å². The number of morpholine rings is 1. The summed E-state index contributed by atoms with van der Waals surface area (Å²) in [4.78, 5) is 48.1. The van der Waals surface area contributed by atoms with Crippen LogP contribution in [0.5, 0.6) is 0 Å². The molecule has 9 nitrogen and oxygen atoms in total. The minimum Gasteiger partial charge on any atom is -0.379 e. The van der Waals surface area contributed by atoms with Crippen LogP contribution < -0.4 is 10.6 Å². The van der Waals surface area contributed by atoms with Gasteiger partial charge in [-0.15, -0.1) is 11.3 Å². The van der Waals surface area contributed by atoms with Crippen LogP contribution in [0.15, 0.2) is 42.0 Å². The van der Waals surface area contributed by atoms with Gasteiger partial charge in [0.2, 0.25) is 11.8 Å². The number of ether oxygens (including phenoxy) is 1. The van der Waals surface area contributed by atoms with Gasteiger partial charge in [-0.05, 0) is 30.4 Å². The van der Waals surface area contributed by atoms with Crippen LogP contribution in [0.4, 0.5) is 0 Å². The maximum Gasteiger partial charge on any atom is 0.261 e. The number of nitrogens with one attached hydrogen (secondary N) is 2. The van der Waals surface area contributed by atoms with Crippen LogP contribution in [-0.2, 0) is 14.3 Å². The summed E-state index contributed by atoms with van der Waals surface area (Å²) >= 11 is 1.32. The van der Waals surface area contributed by atoms with Crippen molar-refractivity contribution in [3.05, 3.63) is 52.5 Å². The molecule has 35 heavy (non-hydrogen) atoms. The first-order chi connectivity index (χ1) is 17.1. The Hall–Kier alpha value is -2.82. The summed E-state index contributed by atoms with van der Waals surface area (Å²) in [7, 11) is 0. The highest BCUT2D eigenvalue weighted by atomic mass is 32.1. The zero-order valence-corrected chi connectivity index (χ0v) is 20.7. The Bertz CT molecular complexity index is 960. The molecular formula is C25H33N5O4S. The van der Waals surface area contributed by atoms with Gasteiger partial charge in [0.25, 0.3) is 5.91 Å². The van der Waals surface area contributed by atoms with Crippen LogP contribution in [0.1, 0.15) is 47.0 Å². The van der Waals surface area contributed by atoms with Crippen molar-refractivity contribution in [2.45, 2.75) is 37.8 Å². The van der Waals surface area contributed by atoms with Crippen molar-refractivity contribution in [1.82, 2.24) is 25.4 Å². The van der Waals surface area contributed by atoms with Crippen LogP contribution >= 0.6 is 11.3 Å². The number of pyridine rings is 1. The second-order valence-electron chi connectivity index (χ2n) is 8.88. The topological polar surface area (TPSA) is 104 Å². The van der Waals surface area contributed by atoms with Crippen molar-refractivity contribution in [3.63, 3.8) is 0 Å². The fourth-order valence-corrected chi connectivity index (χ4v) is 5.22. The highest BCUT2D eigenvalue weighted by Gasteiger charge is 2.33. The summed E-state index contributed by atoms with van der Waals surface area (Å²) in [5.41, 5.74) is 0.655. The molecule has 1 saturated heterocycles. The molecule has 0 unspecified atom stereocenters. The third-order valence-electron chi connectivity index (χ3n) is 6.49. The number of carbonyl (C=O) groups excluding carboxylic acids is 3.